The monoisotopic (exact) mass is 405 g/mol. The fraction of sp³-hybridized carbons (Fsp3) is 0.700. The first kappa shape index (κ1) is 21.3. The van der Waals surface area contributed by atoms with Crippen molar-refractivity contribution < 1.29 is 19.1 Å². The summed E-state index contributed by atoms with van der Waals surface area (Å²) in [5, 5.41) is 10.2. The van der Waals surface area contributed by atoms with Gasteiger partial charge in [0.05, 0.1) is 13.2 Å². The molecular weight excluding hydrogens is 374 g/mol. The molecule has 1 atom stereocenters. The van der Waals surface area contributed by atoms with E-state index in [1.165, 1.54) is 10.7 Å². The number of fused-ring (bicyclic) bond motifs is 1. The Labute approximate surface area is 171 Å². The average molecular weight is 405 g/mol. The molecule has 3 rings (SSSR count). The molecule has 9 nitrogen and oxygen atoms in total. The number of carbonyl (C=O) groups is 3. The van der Waals surface area contributed by atoms with Crippen molar-refractivity contribution in [1.29, 1.82) is 0 Å². The minimum Gasteiger partial charge on any atom is -0.383 e. The van der Waals surface area contributed by atoms with Crippen LogP contribution >= 0.6 is 0 Å². The van der Waals surface area contributed by atoms with Crippen LogP contribution in [-0.4, -0.2) is 70.8 Å². The second-order valence-electron chi connectivity index (χ2n) is 8.01. The van der Waals surface area contributed by atoms with E-state index in [0.29, 0.717) is 25.4 Å². The van der Waals surface area contributed by atoms with Crippen LogP contribution in [0.5, 0.6) is 0 Å². The van der Waals surface area contributed by atoms with E-state index < -0.39 is 5.54 Å². The van der Waals surface area contributed by atoms with Crippen LogP contribution in [0.2, 0.25) is 0 Å². The van der Waals surface area contributed by atoms with Crippen LogP contribution in [0.3, 0.4) is 0 Å². The Balaban J connectivity index is 1.84. The fourth-order valence-electron chi connectivity index (χ4n) is 4.09. The maximum Gasteiger partial charge on any atom is 0.273 e. The molecule has 1 aliphatic heterocycles. The van der Waals surface area contributed by atoms with Crippen molar-refractivity contribution >= 4 is 17.7 Å². The van der Waals surface area contributed by atoms with Crippen molar-refractivity contribution in [2.75, 3.05) is 26.8 Å². The summed E-state index contributed by atoms with van der Waals surface area (Å²) < 4.78 is 6.42. The molecule has 3 amide bonds. The first-order valence-corrected chi connectivity index (χ1v) is 10.4. The molecule has 0 spiro atoms. The summed E-state index contributed by atoms with van der Waals surface area (Å²) in [6.45, 7) is 5.19. The Hall–Kier alpha value is -2.42. The molecule has 0 bridgehead atoms. The van der Waals surface area contributed by atoms with Crippen LogP contribution in [-0.2, 0) is 16.1 Å². The second kappa shape index (κ2) is 8.94. The number of nitrogens with one attached hydrogen (secondary N) is 2. The first-order valence-electron chi connectivity index (χ1n) is 10.4. The third-order valence-corrected chi connectivity index (χ3v) is 5.75. The van der Waals surface area contributed by atoms with Crippen LogP contribution in [0.1, 0.15) is 66.9 Å². The average Bonchev–Trinajstić information content (AvgIpc) is 3.35. The highest BCUT2D eigenvalue weighted by molar-refractivity contribution is 6.01. The molecule has 0 radical (unpaired) electrons. The minimum absolute atomic E-state index is 0.154. The highest BCUT2D eigenvalue weighted by Gasteiger charge is 2.48. The van der Waals surface area contributed by atoms with Crippen LogP contribution in [0, 0.1) is 0 Å². The molecule has 160 valence electrons. The Morgan fingerprint density at radius 3 is 2.72 bits per heavy atom. The fourth-order valence-corrected chi connectivity index (χ4v) is 4.09. The van der Waals surface area contributed by atoms with Gasteiger partial charge in [-0.2, -0.15) is 5.10 Å². The molecule has 2 aliphatic rings. The van der Waals surface area contributed by atoms with Crippen LogP contribution in [0.15, 0.2) is 6.07 Å². The van der Waals surface area contributed by atoms with Gasteiger partial charge in [-0.25, -0.2) is 0 Å². The van der Waals surface area contributed by atoms with E-state index >= 15 is 0 Å². The van der Waals surface area contributed by atoms with E-state index in [4.69, 9.17) is 4.74 Å². The lowest BCUT2D eigenvalue weighted by Crippen LogP contribution is -2.65. The molecule has 1 unspecified atom stereocenters. The van der Waals surface area contributed by atoms with Gasteiger partial charge in [-0.15, -0.1) is 0 Å². The lowest BCUT2D eigenvalue weighted by atomic mass is 9.94. The zero-order valence-electron chi connectivity index (χ0n) is 17.5. The lowest BCUT2D eigenvalue weighted by Gasteiger charge is -2.43. The summed E-state index contributed by atoms with van der Waals surface area (Å²) in [6.07, 6.45) is 4.91. The third-order valence-electron chi connectivity index (χ3n) is 5.75. The molecule has 1 fully saturated rings. The Morgan fingerprint density at radius 1 is 1.34 bits per heavy atom. The minimum atomic E-state index is -1.04. The maximum atomic E-state index is 13.2. The number of ether oxygens (including phenoxy) is 1. The molecule has 0 aromatic carbocycles. The lowest BCUT2D eigenvalue weighted by molar-refractivity contribution is -0.133. The van der Waals surface area contributed by atoms with Gasteiger partial charge in [0.15, 0.2) is 5.69 Å². The maximum absolute atomic E-state index is 13.2. The molecule has 0 saturated heterocycles. The number of rotatable bonds is 8. The van der Waals surface area contributed by atoms with Crippen molar-refractivity contribution in [3.63, 3.8) is 0 Å². The van der Waals surface area contributed by atoms with Gasteiger partial charge in [-0.3, -0.25) is 19.1 Å². The number of nitrogens with zero attached hydrogens (tertiary/aromatic N) is 3. The molecule has 29 heavy (non-hydrogen) atoms. The molecule has 1 saturated carbocycles. The summed E-state index contributed by atoms with van der Waals surface area (Å²) in [4.78, 5) is 40.3. The number of amides is 3. The van der Waals surface area contributed by atoms with Gasteiger partial charge in [0, 0.05) is 32.3 Å². The van der Waals surface area contributed by atoms with Gasteiger partial charge >= 0.3 is 0 Å². The van der Waals surface area contributed by atoms with Crippen molar-refractivity contribution in [3.05, 3.63) is 17.5 Å². The first-order chi connectivity index (χ1) is 13.9. The van der Waals surface area contributed by atoms with E-state index in [1.54, 1.807) is 18.9 Å². The summed E-state index contributed by atoms with van der Waals surface area (Å²) in [7, 11) is 1.56. The molecule has 2 heterocycles. The van der Waals surface area contributed by atoms with Crippen molar-refractivity contribution in [1.82, 2.24) is 25.3 Å². The quantitative estimate of drug-likeness (QED) is 0.626. The topological polar surface area (TPSA) is 106 Å². The van der Waals surface area contributed by atoms with E-state index in [-0.39, 0.29) is 36.0 Å². The molecule has 1 aromatic rings. The van der Waals surface area contributed by atoms with E-state index in [0.717, 1.165) is 32.1 Å². The second-order valence-corrected chi connectivity index (χ2v) is 8.01. The van der Waals surface area contributed by atoms with E-state index in [9.17, 15) is 14.4 Å². The van der Waals surface area contributed by atoms with Gasteiger partial charge < -0.3 is 20.3 Å². The van der Waals surface area contributed by atoms with Crippen LogP contribution < -0.4 is 10.6 Å². The standard InChI is InChI=1S/C20H31N5O4/c1-4-10-24-18(27)16-12-15(17(26)21-9-11-29-3)23-25(16)13-20(24,2)19(28)22-14-7-5-6-8-14/h12,14H,4-11,13H2,1-3H3,(H,21,26)(H,22,28). The van der Waals surface area contributed by atoms with Gasteiger partial charge in [0.2, 0.25) is 5.91 Å². The van der Waals surface area contributed by atoms with Gasteiger partial charge in [-0.1, -0.05) is 19.8 Å². The zero-order chi connectivity index (χ0) is 21.0. The summed E-state index contributed by atoms with van der Waals surface area (Å²) in [5.41, 5.74) is -0.541. The molecule has 1 aromatic heterocycles. The normalized spacial score (nSPS) is 21.9. The van der Waals surface area contributed by atoms with Crippen LogP contribution in [0.4, 0.5) is 0 Å². The number of aromatic nitrogens is 2. The summed E-state index contributed by atoms with van der Waals surface area (Å²) >= 11 is 0. The highest BCUT2D eigenvalue weighted by Crippen LogP contribution is 2.29. The van der Waals surface area contributed by atoms with Crippen molar-refractivity contribution in [2.45, 2.75) is 64.1 Å². The number of carbonyl (C=O) groups excluding carboxylic acids is 3. The predicted octanol–water partition coefficient (Wildman–Crippen LogP) is 0.943. The molecule has 9 heteroatoms. The summed E-state index contributed by atoms with van der Waals surface area (Å²) in [6, 6.07) is 1.67. The number of hydrogen-bond donors (Lipinski definition) is 2. The smallest absolute Gasteiger partial charge is 0.273 e. The Morgan fingerprint density at radius 2 is 2.07 bits per heavy atom. The molecular formula is C20H31N5O4. The van der Waals surface area contributed by atoms with Crippen LogP contribution in [0.25, 0.3) is 0 Å². The summed E-state index contributed by atoms with van der Waals surface area (Å²) in [5.74, 6) is -0.792. The van der Waals surface area contributed by atoms with Gasteiger partial charge in [0.1, 0.15) is 11.2 Å². The largest absolute Gasteiger partial charge is 0.383 e. The SMILES string of the molecule is CCCN1C(=O)c2cc(C(=O)NCCOC)nn2CC1(C)C(=O)NC1CCCC1. The van der Waals surface area contributed by atoms with Crippen molar-refractivity contribution in [2.24, 2.45) is 0 Å². The van der Waals surface area contributed by atoms with Gasteiger partial charge in [-0.05, 0) is 26.2 Å². The third kappa shape index (κ3) is 4.29. The number of hydrogen-bond acceptors (Lipinski definition) is 5. The Bertz CT molecular complexity index is 771. The van der Waals surface area contributed by atoms with E-state index in [1.807, 2.05) is 6.92 Å². The molecule has 2 N–H and O–H groups in total. The zero-order valence-corrected chi connectivity index (χ0v) is 17.5. The van der Waals surface area contributed by atoms with Crippen molar-refractivity contribution in [3.8, 4) is 0 Å². The number of methoxy groups -OCH3 is 1. The predicted molar refractivity (Wildman–Crippen MR) is 107 cm³/mol. The van der Waals surface area contributed by atoms with E-state index in [2.05, 4.69) is 15.7 Å². The highest BCUT2D eigenvalue weighted by atomic mass is 16.5. The van der Waals surface area contributed by atoms with Gasteiger partial charge in [0.25, 0.3) is 11.8 Å². The molecule has 1 aliphatic carbocycles. The Kier molecular flexibility index (Phi) is 6.56.